The first-order valence-electron chi connectivity index (χ1n) is 24.2. The lowest BCUT2D eigenvalue weighted by Crippen LogP contribution is -2.42. The number of carbonyl (C=O) groups excluding carboxylic acids is 6. The van der Waals surface area contributed by atoms with Gasteiger partial charge in [-0.3, -0.25) is 33.8 Å². The Balaban J connectivity index is 0.951. The van der Waals surface area contributed by atoms with E-state index in [4.69, 9.17) is 5.73 Å². The summed E-state index contributed by atoms with van der Waals surface area (Å²) in [5.74, 6) is 0.0345. The molecule has 2 atom stereocenters. The van der Waals surface area contributed by atoms with E-state index < -0.39 is 12.3 Å². The number of nitrogens with zero attached hydrogens (tertiary/aromatic N) is 4. The number of Topliss-reactive ketones (excluding diaryl/α,β-unsaturated/α-hetero) is 2. The highest BCUT2D eigenvalue weighted by Gasteiger charge is 2.31. The minimum absolute atomic E-state index is 0.0485. The fourth-order valence-electron chi connectivity index (χ4n) is 9.21. The second-order valence-corrected chi connectivity index (χ2v) is 18.2. The van der Waals surface area contributed by atoms with Crippen LogP contribution in [0.15, 0.2) is 89.7 Å². The number of hydrogen-bond donors (Lipinski definition) is 4. The molecule has 2 aliphatic heterocycles. The van der Waals surface area contributed by atoms with Gasteiger partial charge in [0.2, 0.25) is 17.7 Å². The number of hydrogen-bond acceptors (Lipinski definition) is 10. The van der Waals surface area contributed by atoms with Gasteiger partial charge in [0.25, 0.3) is 5.91 Å². The summed E-state index contributed by atoms with van der Waals surface area (Å²) in [6.07, 6.45) is 17.1. The third-order valence-electron chi connectivity index (χ3n) is 12.9. The Labute approximate surface area is 394 Å². The van der Waals surface area contributed by atoms with Crippen molar-refractivity contribution in [3.63, 3.8) is 0 Å². The number of ketones is 2. The maximum absolute atomic E-state index is 13.7. The summed E-state index contributed by atoms with van der Waals surface area (Å²) in [6.45, 7) is 5.92. The van der Waals surface area contributed by atoms with Gasteiger partial charge in [0.15, 0.2) is 5.78 Å². The van der Waals surface area contributed by atoms with Crippen molar-refractivity contribution in [1.29, 1.82) is 0 Å². The summed E-state index contributed by atoms with van der Waals surface area (Å²) in [6, 6.07) is 15.8. The molecule has 0 radical (unpaired) electrons. The number of nitrogens with two attached hydrogens (primary N) is 1. The molecule has 0 saturated heterocycles. The number of carbonyl (C=O) groups is 6. The van der Waals surface area contributed by atoms with Gasteiger partial charge >= 0.3 is 0 Å². The summed E-state index contributed by atoms with van der Waals surface area (Å²) >= 11 is 0. The zero-order chi connectivity index (χ0) is 47.7. The van der Waals surface area contributed by atoms with Gasteiger partial charge < -0.3 is 31.3 Å². The van der Waals surface area contributed by atoms with Gasteiger partial charge in [0.1, 0.15) is 17.8 Å². The summed E-state index contributed by atoms with van der Waals surface area (Å²) < 4.78 is 0. The maximum Gasteiger partial charge on any atom is 0.255 e. The predicted molar refractivity (Wildman–Crippen MR) is 260 cm³/mol. The number of unbranched alkanes of at least 4 members (excludes halogenated alkanes) is 3. The normalized spacial score (nSPS) is 18.3. The van der Waals surface area contributed by atoms with Crippen LogP contribution in [0.5, 0.6) is 0 Å². The molecule has 3 aliphatic rings. The van der Waals surface area contributed by atoms with Crippen molar-refractivity contribution < 1.29 is 33.9 Å². The maximum atomic E-state index is 13.7. The Bertz CT molecular complexity index is 2310. The molecule has 1 saturated carbocycles. The van der Waals surface area contributed by atoms with Gasteiger partial charge in [0, 0.05) is 80.2 Å². The molecule has 1 unspecified atom stereocenters. The minimum atomic E-state index is -0.849. The van der Waals surface area contributed by atoms with Crippen molar-refractivity contribution in [2.24, 2.45) is 22.6 Å². The van der Waals surface area contributed by atoms with Crippen LogP contribution in [0.4, 0.5) is 11.4 Å². The molecule has 1 fully saturated rings. The quantitative estimate of drug-likeness (QED) is 0.0660. The smallest absolute Gasteiger partial charge is 0.255 e. The van der Waals surface area contributed by atoms with Crippen molar-refractivity contribution >= 4 is 58.5 Å². The lowest BCUT2D eigenvalue weighted by atomic mass is 9.79. The van der Waals surface area contributed by atoms with E-state index in [0.717, 1.165) is 68.9 Å². The van der Waals surface area contributed by atoms with Gasteiger partial charge in [-0.1, -0.05) is 63.1 Å². The van der Waals surface area contributed by atoms with E-state index in [9.17, 15) is 33.9 Å². The van der Waals surface area contributed by atoms with Gasteiger partial charge in [-0.2, -0.15) is 0 Å². The molecule has 0 spiro atoms. The molecule has 356 valence electrons. The molecule has 14 heteroatoms. The molecule has 3 aromatic rings. The van der Waals surface area contributed by atoms with Gasteiger partial charge in [0.05, 0.1) is 23.6 Å². The topological polar surface area (TPSA) is 204 Å². The van der Waals surface area contributed by atoms with Crippen LogP contribution >= 0.6 is 0 Å². The van der Waals surface area contributed by atoms with E-state index in [-0.39, 0.29) is 60.4 Å². The van der Waals surface area contributed by atoms with Crippen molar-refractivity contribution in [3.8, 4) is 0 Å². The van der Waals surface area contributed by atoms with Gasteiger partial charge in [-0.25, -0.2) is 4.99 Å². The molecule has 1 aliphatic carbocycles. The molecular formula is C53H67N7O7. The van der Waals surface area contributed by atoms with Crippen LogP contribution in [0.1, 0.15) is 131 Å². The second kappa shape index (κ2) is 25.0. The van der Waals surface area contributed by atoms with E-state index in [1.165, 1.54) is 23.2 Å². The van der Waals surface area contributed by atoms with Crippen LogP contribution in [0.25, 0.3) is 6.08 Å². The summed E-state index contributed by atoms with van der Waals surface area (Å²) in [5.41, 5.74) is 10.5. The summed E-state index contributed by atoms with van der Waals surface area (Å²) in [5, 5.41) is 15.9. The number of aryl methyl sites for hydroxylation is 1. The molecule has 3 heterocycles. The van der Waals surface area contributed by atoms with E-state index >= 15 is 0 Å². The number of pyridine rings is 1. The van der Waals surface area contributed by atoms with Crippen LogP contribution in [0.2, 0.25) is 0 Å². The fraction of sp³-hybridized carbons (Fsp3) is 0.472. The van der Waals surface area contributed by atoms with Crippen molar-refractivity contribution in [1.82, 2.24) is 20.1 Å². The van der Waals surface area contributed by atoms with E-state index in [1.54, 1.807) is 30.5 Å². The lowest BCUT2D eigenvalue weighted by Gasteiger charge is -2.31. The Hall–Kier alpha value is -6.28. The Morgan fingerprint density at radius 3 is 2.31 bits per heavy atom. The third kappa shape index (κ3) is 14.9. The highest BCUT2D eigenvalue weighted by molar-refractivity contribution is 6.08. The second-order valence-electron chi connectivity index (χ2n) is 18.2. The van der Waals surface area contributed by atoms with E-state index in [0.29, 0.717) is 85.1 Å². The first kappa shape index (κ1) is 50.1. The number of anilines is 1. The standard InChI is InChI=1S/C53H67N7O7/c1-3-26-59(27-4-2)53(67)42-30-40-21-22-41(31-44(40)57-48(54)32-42)52(66)56-43-28-38(33-55-34-43)18-23-47(62)45(29-36-12-8-7-9-13-36)58-49(63)15-11-6-5-10-14-46(61)39-19-16-37(17-20-39)35-60-50(64)24-25-51(60)65/h7-9,12-13,21-22,24-25,28,30-31,33-34,37,39,45,50,64H,3-6,10-11,14-20,23,26-27,29,32,35H2,1-2H3,(H2,54,57)(H,56,66)(H,58,63)/t37?,39?,45-,50?/m0/s1. The number of benzene rings is 2. The molecule has 1 aromatic heterocycles. The number of amidine groups is 1. The van der Waals surface area contributed by atoms with E-state index in [2.05, 4.69) is 20.6 Å². The van der Waals surface area contributed by atoms with Crippen molar-refractivity contribution in [2.45, 2.75) is 129 Å². The number of aliphatic hydroxyl groups excluding tert-OH is 1. The number of rotatable bonds is 24. The van der Waals surface area contributed by atoms with E-state index in [1.807, 2.05) is 55.2 Å². The molecule has 5 N–H and O–H groups in total. The molecule has 14 nitrogen and oxygen atoms in total. The number of fused-ring (bicyclic) bond motifs is 1. The first-order chi connectivity index (χ1) is 32.4. The lowest BCUT2D eigenvalue weighted by molar-refractivity contribution is -0.132. The third-order valence-corrected chi connectivity index (χ3v) is 12.9. The predicted octanol–water partition coefficient (Wildman–Crippen LogP) is 7.42. The number of aromatic nitrogens is 1. The van der Waals surface area contributed by atoms with Crippen molar-refractivity contribution in [3.05, 3.63) is 107 Å². The van der Waals surface area contributed by atoms with Gasteiger partial charge in [-0.15, -0.1) is 0 Å². The molecular weight excluding hydrogens is 847 g/mol. The highest BCUT2D eigenvalue weighted by Crippen LogP contribution is 2.32. The zero-order valence-corrected chi connectivity index (χ0v) is 39.1. The highest BCUT2D eigenvalue weighted by atomic mass is 16.3. The average molecular weight is 914 g/mol. The Morgan fingerprint density at radius 2 is 1.61 bits per heavy atom. The minimum Gasteiger partial charge on any atom is -0.387 e. The summed E-state index contributed by atoms with van der Waals surface area (Å²) in [7, 11) is 0. The Kier molecular flexibility index (Phi) is 18.7. The monoisotopic (exact) mass is 914 g/mol. The van der Waals surface area contributed by atoms with Crippen LogP contribution in [0.3, 0.4) is 0 Å². The first-order valence-corrected chi connectivity index (χ1v) is 24.2. The molecule has 67 heavy (non-hydrogen) atoms. The molecule has 6 rings (SSSR count). The summed E-state index contributed by atoms with van der Waals surface area (Å²) in [4.78, 5) is 90.9. The SMILES string of the molecule is CCCN(CCC)C(=O)C1=Cc2ccc(C(=O)Nc3cncc(CCC(=O)[C@H](Cc4ccccc4)NC(=O)CCCCCCC(=O)C4CCC(CN5C(=O)C=CC5O)CC4)c3)cc2N=C(N)C1. The van der Waals surface area contributed by atoms with Crippen LogP contribution in [-0.4, -0.2) is 92.8 Å². The molecule has 4 amide bonds. The Morgan fingerprint density at radius 1 is 0.881 bits per heavy atom. The van der Waals surface area contributed by atoms with Crippen LogP contribution in [-0.2, 0) is 36.8 Å². The van der Waals surface area contributed by atoms with Gasteiger partial charge in [-0.05, 0) is 112 Å². The fourth-order valence-corrected chi connectivity index (χ4v) is 9.21. The number of aliphatic hydroxyl groups is 1. The largest absolute Gasteiger partial charge is 0.387 e. The van der Waals surface area contributed by atoms with Crippen LogP contribution < -0.4 is 16.4 Å². The zero-order valence-electron chi connectivity index (χ0n) is 39.1. The number of aliphatic imine (C=N–C) groups is 1. The number of nitrogens with one attached hydrogen (secondary N) is 2. The average Bonchev–Trinajstić information content (AvgIpc) is 3.53. The van der Waals surface area contributed by atoms with Crippen LogP contribution in [0, 0.1) is 11.8 Å². The van der Waals surface area contributed by atoms with Crippen molar-refractivity contribution in [2.75, 3.05) is 25.0 Å². The molecule has 0 bridgehead atoms. The number of amides is 4. The molecule has 2 aromatic carbocycles.